The van der Waals surface area contributed by atoms with Gasteiger partial charge < -0.3 is 14.8 Å². The van der Waals surface area contributed by atoms with Crippen LogP contribution in [0.1, 0.15) is 12.0 Å². The minimum atomic E-state index is 0. The quantitative estimate of drug-likeness (QED) is 0.687. The maximum Gasteiger partial charge on any atom is 0.321 e. The highest BCUT2D eigenvalue weighted by atomic mass is 35.5. The van der Waals surface area contributed by atoms with Gasteiger partial charge in [0.1, 0.15) is 5.75 Å². The van der Waals surface area contributed by atoms with Crippen molar-refractivity contribution in [2.75, 3.05) is 39.4 Å². The van der Waals surface area contributed by atoms with E-state index in [1.807, 2.05) is 18.2 Å². The van der Waals surface area contributed by atoms with Crippen molar-refractivity contribution in [3.8, 4) is 11.8 Å². The third kappa shape index (κ3) is 7.85. The highest BCUT2D eigenvalue weighted by Crippen LogP contribution is 2.18. The summed E-state index contributed by atoms with van der Waals surface area (Å²) in [6.07, 6.45) is 4.48. The number of ether oxygens (including phenoxy) is 2. The summed E-state index contributed by atoms with van der Waals surface area (Å²) in [6, 6.07) is 10.2. The lowest BCUT2D eigenvalue weighted by Gasteiger charge is -2.26. The Labute approximate surface area is 167 Å². The van der Waals surface area contributed by atoms with Gasteiger partial charge in [0, 0.05) is 32.0 Å². The highest BCUT2D eigenvalue weighted by Gasteiger charge is 2.08. The standard InChI is InChI=1S/C18H24N4O2.2ClH/c1-4-16(14-17(5-1)24-18-20-7-2-8-21-18)15-19-6-3-9-22-10-12-23-13-11-22;;/h1-2,4-5,7-8,14,19H,3,6,9-13,15H2;2*1H. The molecule has 0 aliphatic carbocycles. The van der Waals surface area contributed by atoms with Crippen molar-refractivity contribution >= 4 is 24.8 Å². The number of morpholine rings is 1. The lowest BCUT2D eigenvalue weighted by Crippen LogP contribution is -2.37. The fourth-order valence-electron chi connectivity index (χ4n) is 2.65. The van der Waals surface area contributed by atoms with E-state index in [9.17, 15) is 0 Å². The normalized spacial score (nSPS) is 14.2. The van der Waals surface area contributed by atoms with Crippen LogP contribution in [-0.4, -0.2) is 54.3 Å². The molecule has 3 rings (SSSR count). The van der Waals surface area contributed by atoms with E-state index in [4.69, 9.17) is 9.47 Å². The van der Waals surface area contributed by atoms with E-state index in [1.54, 1.807) is 18.5 Å². The van der Waals surface area contributed by atoms with Crippen LogP contribution in [0.25, 0.3) is 0 Å². The summed E-state index contributed by atoms with van der Waals surface area (Å²) >= 11 is 0. The first-order valence-electron chi connectivity index (χ1n) is 8.45. The summed E-state index contributed by atoms with van der Waals surface area (Å²) in [5.41, 5.74) is 1.19. The van der Waals surface area contributed by atoms with Gasteiger partial charge in [-0.2, -0.15) is 0 Å². The van der Waals surface area contributed by atoms with E-state index in [2.05, 4.69) is 26.3 Å². The Morgan fingerprint density at radius 2 is 1.85 bits per heavy atom. The highest BCUT2D eigenvalue weighted by molar-refractivity contribution is 5.85. The van der Waals surface area contributed by atoms with E-state index in [0.29, 0.717) is 6.01 Å². The molecule has 0 unspecified atom stereocenters. The molecule has 0 radical (unpaired) electrons. The van der Waals surface area contributed by atoms with E-state index >= 15 is 0 Å². The average molecular weight is 401 g/mol. The van der Waals surface area contributed by atoms with Gasteiger partial charge in [0.05, 0.1) is 13.2 Å². The van der Waals surface area contributed by atoms with Crippen LogP contribution in [0.2, 0.25) is 0 Å². The molecule has 1 saturated heterocycles. The molecular formula is C18H26Cl2N4O2. The summed E-state index contributed by atoms with van der Waals surface area (Å²) in [7, 11) is 0. The smallest absolute Gasteiger partial charge is 0.321 e. The van der Waals surface area contributed by atoms with Gasteiger partial charge in [-0.25, -0.2) is 9.97 Å². The second-order valence-electron chi connectivity index (χ2n) is 5.77. The maximum absolute atomic E-state index is 5.66. The lowest BCUT2D eigenvalue weighted by atomic mass is 10.2. The van der Waals surface area contributed by atoms with Crippen LogP contribution in [0.5, 0.6) is 11.8 Å². The minimum Gasteiger partial charge on any atom is -0.424 e. The summed E-state index contributed by atoms with van der Waals surface area (Å²) < 4.78 is 11.0. The minimum absolute atomic E-state index is 0. The molecule has 1 aromatic carbocycles. The number of benzene rings is 1. The summed E-state index contributed by atoms with van der Waals surface area (Å²) in [5.74, 6) is 0.758. The molecule has 8 heteroatoms. The number of aromatic nitrogens is 2. The molecule has 2 heterocycles. The molecule has 1 aliphatic rings. The van der Waals surface area contributed by atoms with Gasteiger partial charge in [-0.15, -0.1) is 24.8 Å². The van der Waals surface area contributed by atoms with Crippen molar-refractivity contribution in [2.45, 2.75) is 13.0 Å². The topological polar surface area (TPSA) is 59.5 Å². The Kier molecular flexibility index (Phi) is 11.2. The third-order valence-electron chi connectivity index (χ3n) is 3.91. The largest absolute Gasteiger partial charge is 0.424 e. The second-order valence-corrected chi connectivity index (χ2v) is 5.77. The van der Waals surface area contributed by atoms with Crippen LogP contribution in [0.3, 0.4) is 0 Å². The Hall–Kier alpha value is -1.44. The van der Waals surface area contributed by atoms with Crippen LogP contribution >= 0.6 is 24.8 Å². The van der Waals surface area contributed by atoms with Gasteiger partial charge in [0.25, 0.3) is 0 Å². The number of rotatable bonds is 8. The van der Waals surface area contributed by atoms with E-state index in [0.717, 1.165) is 58.1 Å². The summed E-state index contributed by atoms with van der Waals surface area (Å²) in [6.45, 7) is 6.81. The van der Waals surface area contributed by atoms with Crippen molar-refractivity contribution in [3.05, 3.63) is 48.3 Å². The predicted molar refractivity (Wildman–Crippen MR) is 107 cm³/mol. The second kappa shape index (κ2) is 12.8. The van der Waals surface area contributed by atoms with E-state index in [-0.39, 0.29) is 24.8 Å². The van der Waals surface area contributed by atoms with Crippen molar-refractivity contribution in [2.24, 2.45) is 0 Å². The van der Waals surface area contributed by atoms with Crippen LogP contribution in [0, 0.1) is 0 Å². The first-order valence-corrected chi connectivity index (χ1v) is 8.45. The molecule has 0 saturated carbocycles. The Morgan fingerprint density at radius 3 is 2.62 bits per heavy atom. The molecule has 1 N–H and O–H groups in total. The summed E-state index contributed by atoms with van der Waals surface area (Å²) in [5, 5.41) is 3.49. The summed E-state index contributed by atoms with van der Waals surface area (Å²) in [4.78, 5) is 10.6. The van der Waals surface area contributed by atoms with Crippen LogP contribution in [0.4, 0.5) is 0 Å². The third-order valence-corrected chi connectivity index (χ3v) is 3.91. The SMILES string of the molecule is Cl.Cl.c1cnc(Oc2cccc(CNCCCN3CCOCC3)c2)nc1. The van der Waals surface area contributed by atoms with Gasteiger partial charge in [-0.1, -0.05) is 12.1 Å². The van der Waals surface area contributed by atoms with Crippen LogP contribution in [0.15, 0.2) is 42.7 Å². The Balaban J connectivity index is 0.00000169. The molecule has 1 aromatic heterocycles. The fraction of sp³-hybridized carbons (Fsp3) is 0.444. The molecule has 144 valence electrons. The molecule has 1 fully saturated rings. The molecule has 0 spiro atoms. The Bertz CT molecular complexity index is 613. The molecule has 0 bridgehead atoms. The molecule has 26 heavy (non-hydrogen) atoms. The lowest BCUT2D eigenvalue weighted by molar-refractivity contribution is 0.0374. The van der Waals surface area contributed by atoms with Gasteiger partial charge in [0.15, 0.2) is 0 Å². The molecular weight excluding hydrogens is 375 g/mol. The number of halogens is 2. The zero-order valence-corrected chi connectivity index (χ0v) is 16.3. The molecule has 0 atom stereocenters. The zero-order valence-electron chi connectivity index (χ0n) is 14.7. The predicted octanol–water partition coefficient (Wildman–Crippen LogP) is 2.92. The van der Waals surface area contributed by atoms with Crippen molar-refractivity contribution in [1.29, 1.82) is 0 Å². The first-order chi connectivity index (χ1) is 11.9. The fourth-order valence-corrected chi connectivity index (χ4v) is 2.65. The molecule has 1 aliphatic heterocycles. The van der Waals surface area contributed by atoms with Crippen molar-refractivity contribution < 1.29 is 9.47 Å². The maximum atomic E-state index is 5.66. The molecule has 2 aromatic rings. The number of hydrogen-bond donors (Lipinski definition) is 1. The van der Waals surface area contributed by atoms with Crippen LogP contribution in [-0.2, 0) is 11.3 Å². The van der Waals surface area contributed by atoms with Gasteiger partial charge in [-0.3, -0.25) is 4.90 Å². The van der Waals surface area contributed by atoms with E-state index in [1.165, 1.54) is 5.56 Å². The van der Waals surface area contributed by atoms with Crippen molar-refractivity contribution in [1.82, 2.24) is 20.2 Å². The van der Waals surface area contributed by atoms with Gasteiger partial charge >= 0.3 is 6.01 Å². The number of nitrogens with one attached hydrogen (secondary N) is 1. The van der Waals surface area contributed by atoms with Crippen LogP contribution < -0.4 is 10.1 Å². The molecule has 6 nitrogen and oxygen atoms in total. The molecule has 0 amide bonds. The number of hydrogen-bond acceptors (Lipinski definition) is 6. The Morgan fingerprint density at radius 1 is 1.08 bits per heavy atom. The monoisotopic (exact) mass is 400 g/mol. The average Bonchev–Trinajstić information content (AvgIpc) is 2.63. The van der Waals surface area contributed by atoms with Gasteiger partial charge in [-0.05, 0) is 43.3 Å². The van der Waals surface area contributed by atoms with Crippen molar-refractivity contribution in [3.63, 3.8) is 0 Å². The first kappa shape index (κ1) is 22.6. The zero-order chi connectivity index (χ0) is 16.5. The van der Waals surface area contributed by atoms with E-state index < -0.39 is 0 Å². The van der Waals surface area contributed by atoms with Gasteiger partial charge in [0.2, 0.25) is 0 Å². The number of nitrogens with zero attached hydrogens (tertiary/aromatic N) is 3.